The van der Waals surface area contributed by atoms with Gasteiger partial charge in [0.25, 0.3) is 0 Å². The van der Waals surface area contributed by atoms with E-state index in [0.717, 1.165) is 24.2 Å². The summed E-state index contributed by atoms with van der Waals surface area (Å²) in [5.41, 5.74) is 1.03. The van der Waals surface area contributed by atoms with Gasteiger partial charge in [-0.3, -0.25) is 4.79 Å². The molecule has 2 unspecified atom stereocenters. The lowest BCUT2D eigenvalue weighted by atomic mass is 9.77. The fraction of sp³-hybridized carbons (Fsp3) is 0.643. The van der Waals surface area contributed by atoms with Gasteiger partial charge in [-0.05, 0) is 36.3 Å². The Morgan fingerprint density at radius 1 is 1.56 bits per heavy atom. The van der Waals surface area contributed by atoms with Crippen molar-refractivity contribution in [2.75, 3.05) is 5.75 Å². The topological polar surface area (TPSA) is 17.1 Å². The average molecular weight is 238 g/mol. The molecular formula is C14H22OS. The lowest BCUT2D eigenvalue weighted by Crippen LogP contribution is -2.26. The van der Waals surface area contributed by atoms with Crippen LogP contribution in [0.15, 0.2) is 23.6 Å². The van der Waals surface area contributed by atoms with E-state index < -0.39 is 0 Å². The van der Waals surface area contributed by atoms with Crippen molar-refractivity contribution in [1.82, 2.24) is 0 Å². The molecule has 0 saturated heterocycles. The van der Waals surface area contributed by atoms with Crippen LogP contribution < -0.4 is 0 Å². The van der Waals surface area contributed by atoms with Gasteiger partial charge in [-0.25, -0.2) is 0 Å². The minimum atomic E-state index is 0.129. The van der Waals surface area contributed by atoms with E-state index in [1.165, 1.54) is 12.8 Å². The zero-order valence-corrected chi connectivity index (χ0v) is 11.2. The highest BCUT2D eigenvalue weighted by Crippen LogP contribution is 2.32. The van der Waals surface area contributed by atoms with E-state index in [2.05, 4.69) is 18.9 Å². The quantitative estimate of drug-likeness (QED) is 0.405. The predicted octanol–water partition coefficient (Wildman–Crippen LogP) is 4.20. The van der Waals surface area contributed by atoms with E-state index in [-0.39, 0.29) is 5.92 Å². The molecule has 1 rings (SSSR count). The first-order chi connectivity index (χ1) is 7.70. The maximum absolute atomic E-state index is 12.0. The van der Waals surface area contributed by atoms with E-state index in [9.17, 15) is 4.79 Å². The average Bonchev–Trinajstić information content (AvgIpc) is 2.30. The second-order valence-corrected chi connectivity index (χ2v) is 5.44. The standard InChI is InChI=1S/C14H22OS/c1-4-6-9-16-10-13-8-7-12(5-2)11(3)14(13)15/h5,10-12H,2,4,6-9H2,1,3H3/b13-10+. The van der Waals surface area contributed by atoms with Crippen LogP contribution in [-0.4, -0.2) is 11.5 Å². The van der Waals surface area contributed by atoms with Gasteiger partial charge in [0.05, 0.1) is 0 Å². The lowest BCUT2D eigenvalue weighted by molar-refractivity contribution is -0.121. The highest BCUT2D eigenvalue weighted by Gasteiger charge is 2.29. The number of carbonyl (C=O) groups is 1. The summed E-state index contributed by atoms with van der Waals surface area (Å²) < 4.78 is 0. The van der Waals surface area contributed by atoms with Crippen molar-refractivity contribution >= 4 is 17.5 Å². The van der Waals surface area contributed by atoms with E-state index in [1.807, 2.05) is 13.0 Å². The Labute approximate surface area is 103 Å². The van der Waals surface area contributed by atoms with Crippen molar-refractivity contribution in [2.24, 2.45) is 11.8 Å². The smallest absolute Gasteiger partial charge is 0.162 e. The molecule has 1 fully saturated rings. The molecule has 2 heteroatoms. The van der Waals surface area contributed by atoms with Crippen LogP contribution >= 0.6 is 11.8 Å². The number of thioether (sulfide) groups is 1. The number of unbranched alkanes of at least 4 members (excludes halogenated alkanes) is 1. The summed E-state index contributed by atoms with van der Waals surface area (Å²) >= 11 is 1.79. The van der Waals surface area contributed by atoms with E-state index in [4.69, 9.17) is 0 Å². The molecule has 0 amide bonds. The fourth-order valence-electron chi connectivity index (χ4n) is 2.01. The van der Waals surface area contributed by atoms with Crippen LogP contribution in [0, 0.1) is 11.8 Å². The molecule has 0 heterocycles. The van der Waals surface area contributed by atoms with Gasteiger partial charge in [-0.1, -0.05) is 26.3 Å². The number of hydrogen-bond acceptors (Lipinski definition) is 2. The molecule has 0 aromatic carbocycles. The predicted molar refractivity (Wildman–Crippen MR) is 72.5 cm³/mol. The molecule has 1 aliphatic rings. The molecule has 0 bridgehead atoms. The minimum Gasteiger partial charge on any atom is -0.294 e. The first-order valence-corrected chi connectivity index (χ1v) is 7.23. The van der Waals surface area contributed by atoms with Crippen LogP contribution in [0.25, 0.3) is 0 Å². The number of carbonyl (C=O) groups excluding carboxylic acids is 1. The minimum absolute atomic E-state index is 0.129. The molecule has 90 valence electrons. The third kappa shape index (κ3) is 3.51. The van der Waals surface area contributed by atoms with Crippen LogP contribution in [0.4, 0.5) is 0 Å². The lowest BCUT2D eigenvalue weighted by Gasteiger charge is -2.26. The van der Waals surface area contributed by atoms with Gasteiger partial charge in [0.1, 0.15) is 0 Å². The Balaban J connectivity index is 2.50. The summed E-state index contributed by atoms with van der Waals surface area (Å²) in [6.45, 7) is 8.02. The zero-order chi connectivity index (χ0) is 12.0. The Hall–Kier alpha value is -0.500. The highest BCUT2D eigenvalue weighted by atomic mass is 32.2. The van der Waals surface area contributed by atoms with Gasteiger partial charge in [0.15, 0.2) is 5.78 Å². The molecule has 1 saturated carbocycles. The van der Waals surface area contributed by atoms with Crippen LogP contribution in [0.2, 0.25) is 0 Å². The van der Waals surface area contributed by atoms with Crippen molar-refractivity contribution in [3.63, 3.8) is 0 Å². The molecule has 1 aliphatic carbocycles. The monoisotopic (exact) mass is 238 g/mol. The molecule has 0 spiro atoms. The van der Waals surface area contributed by atoms with Crippen molar-refractivity contribution in [1.29, 1.82) is 0 Å². The summed E-state index contributed by atoms with van der Waals surface area (Å²) in [7, 11) is 0. The van der Waals surface area contributed by atoms with Crippen LogP contribution in [0.5, 0.6) is 0 Å². The van der Waals surface area contributed by atoms with Crippen molar-refractivity contribution in [3.8, 4) is 0 Å². The van der Waals surface area contributed by atoms with Gasteiger partial charge in [0.2, 0.25) is 0 Å². The fourth-order valence-corrected chi connectivity index (χ4v) is 3.02. The largest absolute Gasteiger partial charge is 0.294 e. The second-order valence-electron chi connectivity index (χ2n) is 4.46. The Bertz CT molecular complexity index is 280. The molecule has 0 aromatic heterocycles. The summed E-state index contributed by atoms with van der Waals surface area (Å²) in [6.07, 6.45) is 6.39. The van der Waals surface area contributed by atoms with Gasteiger partial charge in [0, 0.05) is 11.5 Å². The van der Waals surface area contributed by atoms with Crippen molar-refractivity contribution in [2.45, 2.75) is 39.5 Å². The number of allylic oxidation sites excluding steroid dienone is 2. The summed E-state index contributed by atoms with van der Waals surface area (Å²) in [6, 6.07) is 0. The van der Waals surface area contributed by atoms with Crippen molar-refractivity contribution < 1.29 is 4.79 Å². The molecule has 1 nitrogen and oxygen atoms in total. The summed E-state index contributed by atoms with van der Waals surface area (Å²) in [4.78, 5) is 12.0. The van der Waals surface area contributed by atoms with Gasteiger partial charge >= 0.3 is 0 Å². The first-order valence-electron chi connectivity index (χ1n) is 6.18. The third-order valence-corrected chi connectivity index (χ3v) is 4.24. The van der Waals surface area contributed by atoms with Gasteiger partial charge < -0.3 is 0 Å². The zero-order valence-electron chi connectivity index (χ0n) is 10.4. The third-order valence-electron chi connectivity index (χ3n) is 3.26. The van der Waals surface area contributed by atoms with Crippen molar-refractivity contribution in [3.05, 3.63) is 23.6 Å². The maximum atomic E-state index is 12.0. The first kappa shape index (κ1) is 13.6. The highest BCUT2D eigenvalue weighted by molar-refractivity contribution is 8.02. The molecule has 16 heavy (non-hydrogen) atoms. The molecule has 0 radical (unpaired) electrons. The van der Waals surface area contributed by atoms with E-state index in [1.54, 1.807) is 11.8 Å². The number of ketones is 1. The Morgan fingerprint density at radius 2 is 2.31 bits per heavy atom. The summed E-state index contributed by atoms with van der Waals surface area (Å²) in [5.74, 6) is 1.97. The maximum Gasteiger partial charge on any atom is 0.162 e. The van der Waals surface area contributed by atoms with Gasteiger partial charge in [-0.2, -0.15) is 0 Å². The number of Topliss-reactive ketones (excluding diaryl/α,β-unsaturated/α-hetero) is 1. The molecule has 2 atom stereocenters. The second kappa shape index (κ2) is 6.95. The van der Waals surface area contributed by atoms with Crippen LogP contribution in [-0.2, 0) is 4.79 Å². The molecule has 0 aromatic rings. The normalized spacial score (nSPS) is 28.4. The summed E-state index contributed by atoms with van der Waals surface area (Å²) in [5, 5.41) is 2.09. The Morgan fingerprint density at radius 3 is 2.94 bits per heavy atom. The molecule has 0 N–H and O–H groups in total. The van der Waals surface area contributed by atoms with Gasteiger partial charge in [-0.15, -0.1) is 18.3 Å². The SMILES string of the molecule is C=CC1CC/C(=C\SCCCC)C(=O)C1C. The Kier molecular flexibility index (Phi) is 5.89. The van der Waals surface area contributed by atoms with E-state index in [0.29, 0.717) is 11.7 Å². The van der Waals surface area contributed by atoms with Crippen LogP contribution in [0.3, 0.4) is 0 Å². The number of rotatable bonds is 5. The molecular weight excluding hydrogens is 216 g/mol. The van der Waals surface area contributed by atoms with Crippen LogP contribution in [0.1, 0.15) is 39.5 Å². The molecule has 0 aliphatic heterocycles. The number of hydrogen-bond donors (Lipinski definition) is 0. The van der Waals surface area contributed by atoms with E-state index >= 15 is 0 Å².